The first kappa shape index (κ1) is 68.9. The minimum Gasteiger partial charge on any atom is -0.479 e. The summed E-state index contributed by atoms with van der Waals surface area (Å²) >= 11 is 0. The number of unbranched alkanes of at least 4 members (excludes halogenated alkanes) is 22. The van der Waals surface area contributed by atoms with Crippen molar-refractivity contribution in [2.24, 2.45) is 0 Å². The summed E-state index contributed by atoms with van der Waals surface area (Å²) in [6.07, 6.45) is 52.9. The van der Waals surface area contributed by atoms with Gasteiger partial charge >= 0.3 is 23.9 Å². The normalized spacial score (nSPS) is 18.8. The SMILES string of the molecule is CC/C=C\C/C=C\C/C=C\C/C=C\C/C=C\CC(=O)OC1C(OCC(COC(=O)CCCCCCC/C=C\CCCCCCCC)OC(=O)CCCCCCC/C=C\CCCCCCCC)OC(C(=O)O)C(O)C1O. The minimum atomic E-state index is -1.94. The van der Waals surface area contributed by atoms with Crippen molar-refractivity contribution in [1.82, 2.24) is 0 Å². The van der Waals surface area contributed by atoms with Crippen LogP contribution < -0.4 is 0 Å². The molecule has 0 radical (unpaired) electrons. The molecule has 1 aliphatic heterocycles. The molecule has 1 heterocycles. The number of hydrogen-bond acceptors (Lipinski definition) is 11. The largest absolute Gasteiger partial charge is 0.479 e. The van der Waals surface area contributed by atoms with Gasteiger partial charge in [0, 0.05) is 12.8 Å². The molecule has 6 atom stereocenters. The van der Waals surface area contributed by atoms with Crippen LogP contribution in [0.3, 0.4) is 0 Å². The molecule has 0 spiro atoms. The molecule has 6 unspecified atom stereocenters. The van der Waals surface area contributed by atoms with Gasteiger partial charge < -0.3 is 39.0 Å². The summed E-state index contributed by atoms with van der Waals surface area (Å²) in [5, 5.41) is 31.4. The van der Waals surface area contributed by atoms with E-state index in [4.69, 9.17) is 23.7 Å². The van der Waals surface area contributed by atoms with Crippen molar-refractivity contribution in [2.75, 3.05) is 13.2 Å². The van der Waals surface area contributed by atoms with Crippen LogP contribution in [-0.2, 0) is 42.9 Å². The number of carboxylic acid groups (broad SMARTS) is 1. The highest BCUT2D eigenvalue weighted by Gasteiger charge is 2.50. The predicted molar refractivity (Wildman–Crippen MR) is 303 cm³/mol. The van der Waals surface area contributed by atoms with Crippen LogP contribution in [0.25, 0.3) is 0 Å². The lowest BCUT2D eigenvalue weighted by molar-refractivity contribution is -0.301. The van der Waals surface area contributed by atoms with Crippen molar-refractivity contribution in [3.8, 4) is 0 Å². The average Bonchev–Trinajstić information content (AvgIpc) is 3.39. The highest BCUT2D eigenvalue weighted by atomic mass is 16.7. The van der Waals surface area contributed by atoms with Gasteiger partial charge in [-0.25, -0.2) is 4.79 Å². The molecule has 1 rings (SSSR count). The fraction of sp³-hybridized carbons (Fsp3) is 0.714. The highest BCUT2D eigenvalue weighted by molar-refractivity contribution is 5.74. The summed E-state index contributed by atoms with van der Waals surface area (Å²) in [5.74, 6) is -3.30. The molecular formula is C63H104O12. The first-order valence-corrected chi connectivity index (χ1v) is 29.6. The molecular weight excluding hydrogens is 949 g/mol. The summed E-state index contributed by atoms with van der Waals surface area (Å²) in [5.41, 5.74) is 0. The Morgan fingerprint density at radius 3 is 1.33 bits per heavy atom. The Balaban J connectivity index is 2.76. The third-order valence-electron chi connectivity index (χ3n) is 13.0. The smallest absolute Gasteiger partial charge is 0.335 e. The molecule has 0 aromatic heterocycles. The Morgan fingerprint density at radius 2 is 0.880 bits per heavy atom. The fourth-order valence-electron chi connectivity index (χ4n) is 8.43. The maximum absolute atomic E-state index is 13.1. The number of carboxylic acids is 1. The monoisotopic (exact) mass is 1050 g/mol. The van der Waals surface area contributed by atoms with E-state index in [1.165, 1.54) is 77.0 Å². The Morgan fingerprint density at radius 1 is 0.467 bits per heavy atom. The molecule has 12 heteroatoms. The Kier molecular flexibility index (Phi) is 46.6. The number of rotatable bonds is 49. The van der Waals surface area contributed by atoms with Crippen LogP contribution >= 0.6 is 0 Å². The number of aliphatic hydroxyl groups is 2. The van der Waals surface area contributed by atoms with E-state index in [0.29, 0.717) is 19.3 Å². The zero-order chi connectivity index (χ0) is 54.7. The van der Waals surface area contributed by atoms with Gasteiger partial charge in [0.05, 0.1) is 13.0 Å². The molecule has 0 amide bonds. The van der Waals surface area contributed by atoms with E-state index in [0.717, 1.165) is 103 Å². The van der Waals surface area contributed by atoms with Crippen LogP contribution in [0.2, 0.25) is 0 Å². The van der Waals surface area contributed by atoms with E-state index < -0.39 is 67.3 Å². The van der Waals surface area contributed by atoms with Gasteiger partial charge in [0.25, 0.3) is 0 Å². The summed E-state index contributed by atoms with van der Waals surface area (Å²) in [6, 6.07) is 0. The van der Waals surface area contributed by atoms with Crippen molar-refractivity contribution in [3.63, 3.8) is 0 Å². The lowest BCUT2D eigenvalue weighted by Gasteiger charge is -2.40. The molecule has 1 fully saturated rings. The standard InChI is InChI=1S/C63H104O12/c1-4-7-10-13-16-19-22-25-28-31-34-37-40-43-46-49-55(64)71-52-54(73-56(65)50-47-44-41-38-35-32-29-26-23-20-17-14-11-8-5-2)53-72-63-61(59(68)58(67)60(75-63)62(69)70)74-57(66)51-48-45-42-39-36-33-30-27-24-21-18-15-12-9-6-3/h9,12,18,21,25-30,36,39,45,48,54,58-61,63,67-68H,4-8,10-11,13-17,19-20,22-24,31-35,37-38,40-44,46-47,49-53H2,1-3H3,(H,69,70)/b12-9-,21-18-,28-25-,29-26-,30-27-,39-36-,48-45-. The molecule has 0 aromatic carbocycles. The number of esters is 3. The molecule has 428 valence electrons. The molecule has 0 saturated carbocycles. The third-order valence-corrected chi connectivity index (χ3v) is 13.0. The van der Waals surface area contributed by atoms with E-state index in [-0.39, 0.29) is 25.9 Å². The lowest BCUT2D eigenvalue weighted by atomic mass is 9.98. The van der Waals surface area contributed by atoms with Gasteiger partial charge in [-0.3, -0.25) is 14.4 Å². The van der Waals surface area contributed by atoms with E-state index in [1.54, 1.807) is 12.2 Å². The van der Waals surface area contributed by atoms with Crippen molar-refractivity contribution in [3.05, 3.63) is 85.1 Å². The zero-order valence-corrected chi connectivity index (χ0v) is 47.0. The van der Waals surface area contributed by atoms with Gasteiger partial charge in [-0.1, -0.05) is 209 Å². The summed E-state index contributed by atoms with van der Waals surface area (Å²) in [6.45, 7) is 5.81. The molecule has 12 nitrogen and oxygen atoms in total. The second-order valence-electron chi connectivity index (χ2n) is 19.9. The van der Waals surface area contributed by atoms with Crippen molar-refractivity contribution < 1.29 is 58.2 Å². The first-order chi connectivity index (χ1) is 36.6. The number of carbonyl (C=O) groups excluding carboxylic acids is 3. The highest BCUT2D eigenvalue weighted by Crippen LogP contribution is 2.26. The van der Waals surface area contributed by atoms with Gasteiger partial charge in [0.2, 0.25) is 0 Å². The summed E-state index contributed by atoms with van der Waals surface area (Å²) in [7, 11) is 0. The Bertz CT molecular complexity index is 1630. The van der Waals surface area contributed by atoms with E-state index in [2.05, 4.69) is 81.5 Å². The molecule has 1 saturated heterocycles. The van der Waals surface area contributed by atoms with Crippen molar-refractivity contribution in [1.29, 1.82) is 0 Å². The van der Waals surface area contributed by atoms with Gasteiger partial charge in [0.15, 0.2) is 24.6 Å². The van der Waals surface area contributed by atoms with Crippen molar-refractivity contribution >= 4 is 23.9 Å². The van der Waals surface area contributed by atoms with Crippen LogP contribution in [0.1, 0.15) is 239 Å². The number of ether oxygens (including phenoxy) is 5. The second-order valence-corrected chi connectivity index (χ2v) is 19.9. The van der Waals surface area contributed by atoms with E-state index >= 15 is 0 Å². The molecule has 3 N–H and O–H groups in total. The molecule has 1 aliphatic rings. The Labute approximate surface area is 454 Å². The quantitative estimate of drug-likeness (QED) is 0.0228. The first-order valence-electron chi connectivity index (χ1n) is 29.6. The van der Waals surface area contributed by atoms with Gasteiger partial charge in [-0.2, -0.15) is 0 Å². The average molecular weight is 1050 g/mol. The summed E-state index contributed by atoms with van der Waals surface area (Å²) in [4.78, 5) is 51.0. The maximum atomic E-state index is 13.1. The van der Waals surface area contributed by atoms with Crippen LogP contribution in [0.5, 0.6) is 0 Å². The van der Waals surface area contributed by atoms with Gasteiger partial charge in [0.1, 0.15) is 18.8 Å². The predicted octanol–water partition coefficient (Wildman–Crippen LogP) is 15.1. The summed E-state index contributed by atoms with van der Waals surface area (Å²) < 4.78 is 28.3. The van der Waals surface area contributed by atoms with Gasteiger partial charge in [-0.15, -0.1) is 0 Å². The molecule has 0 aliphatic carbocycles. The van der Waals surface area contributed by atoms with Crippen LogP contribution in [0.15, 0.2) is 85.1 Å². The van der Waals surface area contributed by atoms with Crippen LogP contribution in [-0.4, -0.2) is 89.2 Å². The lowest BCUT2D eigenvalue weighted by Crippen LogP contribution is -2.61. The van der Waals surface area contributed by atoms with Crippen LogP contribution in [0.4, 0.5) is 0 Å². The fourth-order valence-corrected chi connectivity index (χ4v) is 8.43. The third kappa shape index (κ3) is 40.8. The molecule has 0 aromatic rings. The van der Waals surface area contributed by atoms with E-state index in [1.807, 2.05) is 12.2 Å². The molecule has 0 bridgehead atoms. The number of aliphatic hydroxyl groups excluding tert-OH is 2. The maximum Gasteiger partial charge on any atom is 0.335 e. The topological polar surface area (TPSA) is 175 Å². The Hall–Kier alpha value is -4.10. The number of aliphatic carboxylic acids is 1. The zero-order valence-electron chi connectivity index (χ0n) is 47.0. The minimum absolute atomic E-state index is 0.138. The molecule has 75 heavy (non-hydrogen) atoms. The number of carbonyl (C=O) groups is 4. The number of hydrogen-bond donors (Lipinski definition) is 3. The van der Waals surface area contributed by atoms with Gasteiger partial charge in [-0.05, 0) is 96.3 Å². The second kappa shape index (κ2) is 50.7. The number of allylic oxidation sites excluding steroid dienone is 13. The van der Waals surface area contributed by atoms with Crippen molar-refractivity contribution in [2.45, 2.75) is 276 Å². The van der Waals surface area contributed by atoms with Crippen LogP contribution in [0, 0.1) is 0 Å². The van der Waals surface area contributed by atoms with E-state index in [9.17, 15) is 34.5 Å².